The van der Waals surface area contributed by atoms with Crippen molar-refractivity contribution in [2.45, 2.75) is 31.8 Å². The van der Waals surface area contributed by atoms with Gasteiger partial charge in [-0.15, -0.1) is 0 Å². The van der Waals surface area contributed by atoms with Crippen molar-refractivity contribution < 1.29 is 44.2 Å². The van der Waals surface area contributed by atoms with Crippen molar-refractivity contribution in [1.29, 1.82) is 0 Å². The first-order valence-electron chi connectivity index (χ1n) is 7.33. The second-order valence-electron chi connectivity index (χ2n) is 5.13. The van der Waals surface area contributed by atoms with Crippen LogP contribution in [-0.2, 0) is 14.8 Å². The lowest BCUT2D eigenvalue weighted by atomic mass is 10.3. The molecule has 0 aliphatic rings. The molecule has 0 bridgehead atoms. The quantitative estimate of drug-likeness (QED) is 0.632. The zero-order valence-corrected chi connectivity index (χ0v) is 14.3. The number of hydrogen-bond acceptors (Lipinski definition) is 4. The Kier molecular flexibility index (Phi) is 7.57. The van der Waals surface area contributed by atoms with E-state index in [1.165, 1.54) is 24.3 Å². The molecule has 0 atom stereocenters. The summed E-state index contributed by atoms with van der Waals surface area (Å²) in [5, 5.41) is 0. The first-order chi connectivity index (χ1) is 11.8. The molecule has 0 aliphatic heterocycles. The fourth-order valence-electron chi connectivity index (χ4n) is 1.72. The van der Waals surface area contributed by atoms with Crippen LogP contribution >= 0.6 is 0 Å². The van der Waals surface area contributed by atoms with E-state index in [9.17, 15) is 34.8 Å². The molecule has 5 nitrogen and oxygen atoms in total. The Morgan fingerprint density at radius 3 is 2.00 bits per heavy atom. The first-order valence-corrected chi connectivity index (χ1v) is 8.99. The summed E-state index contributed by atoms with van der Waals surface area (Å²) in [6.07, 6.45) is -14.7. The van der Waals surface area contributed by atoms with Gasteiger partial charge < -0.3 is 9.47 Å². The third kappa shape index (κ3) is 7.68. The second kappa shape index (κ2) is 8.80. The minimum Gasteiger partial charge on any atom is -0.494 e. The molecule has 1 aromatic rings. The number of rotatable bonds is 9. The van der Waals surface area contributed by atoms with E-state index < -0.39 is 40.8 Å². The van der Waals surface area contributed by atoms with E-state index >= 15 is 0 Å². The number of nitrogens with one attached hydrogen (secondary N) is 1. The van der Waals surface area contributed by atoms with Crippen molar-refractivity contribution in [2.75, 3.05) is 23.7 Å². The number of alkyl halides is 6. The van der Waals surface area contributed by atoms with Gasteiger partial charge in [-0.3, -0.25) is 4.72 Å². The van der Waals surface area contributed by atoms with Crippen molar-refractivity contribution in [3.8, 4) is 5.75 Å². The van der Waals surface area contributed by atoms with Crippen LogP contribution in [0.25, 0.3) is 0 Å². The molecular formula is C14H17F6NO4S. The van der Waals surface area contributed by atoms with Crippen LogP contribution in [-0.4, -0.2) is 45.8 Å². The van der Waals surface area contributed by atoms with Gasteiger partial charge in [-0.05, 0) is 30.7 Å². The lowest BCUT2D eigenvalue weighted by Gasteiger charge is -2.23. The predicted octanol–water partition coefficient (Wildman–Crippen LogP) is 3.73. The Morgan fingerprint density at radius 1 is 1.00 bits per heavy atom. The fourth-order valence-corrected chi connectivity index (χ4v) is 2.63. The van der Waals surface area contributed by atoms with Gasteiger partial charge in [-0.2, -0.15) is 26.3 Å². The molecule has 0 unspecified atom stereocenters. The van der Waals surface area contributed by atoms with Gasteiger partial charge in [0.05, 0.1) is 19.0 Å². The van der Waals surface area contributed by atoms with E-state index in [-0.39, 0.29) is 5.69 Å². The Hall–Kier alpha value is -1.69. The maximum atomic E-state index is 12.3. The standard InChI is InChI=1S/C14H17F6NO4S/c1-2-7-24-11-5-3-10(4-6-11)21-26(22,23)9-8-25-12(13(15,16)17)14(18,19)20/h3-6,12,21H,2,7-9H2,1H3. The summed E-state index contributed by atoms with van der Waals surface area (Å²) in [6, 6.07) is 5.62. The van der Waals surface area contributed by atoms with Crippen LogP contribution < -0.4 is 9.46 Å². The van der Waals surface area contributed by atoms with Gasteiger partial charge in [-0.1, -0.05) is 6.92 Å². The van der Waals surface area contributed by atoms with Crippen LogP contribution in [0.1, 0.15) is 13.3 Å². The highest BCUT2D eigenvalue weighted by molar-refractivity contribution is 7.92. The third-order valence-electron chi connectivity index (χ3n) is 2.83. The Bertz CT molecular complexity index is 643. The van der Waals surface area contributed by atoms with Crippen LogP contribution in [0.15, 0.2) is 24.3 Å². The molecule has 0 amide bonds. The van der Waals surface area contributed by atoms with Crippen LogP contribution in [0, 0.1) is 0 Å². The smallest absolute Gasteiger partial charge is 0.423 e. The zero-order valence-electron chi connectivity index (χ0n) is 13.5. The van der Waals surface area contributed by atoms with Crippen molar-refractivity contribution in [3.63, 3.8) is 0 Å². The highest BCUT2D eigenvalue weighted by atomic mass is 32.2. The summed E-state index contributed by atoms with van der Waals surface area (Å²) in [4.78, 5) is 0. The molecule has 150 valence electrons. The monoisotopic (exact) mass is 409 g/mol. The van der Waals surface area contributed by atoms with Crippen LogP contribution in [0.5, 0.6) is 5.75 Å². The number of anilines is 1. The topological polar surface area (TPSA) is 64.6 Å². The van der Waals surface area contributed by atoms with E-state index in [2.05, 4.69) is 4.74 Å². The summed E-state index contributed by atoms with van der Waals surface area (Å²) in [6.45, 7) is 1.07. The Balaban J connectivity index is 2.61. The minimum atomic E-state index is -5.69. The average molecular weight is 409 g/mol. The number of ether oxygens (including phenoxy) is 2. The van der Waals surface area contributed by atoms with Gasteiger partial charge in [-0.25, -0.2) is 8.42 Å². The summed E-state index contributed by atoms with van der Waals surface area (Å²) < 4.78 is 108. The van der Waals surface area contributed by atoms with Gasteiger partial charge in [0.25, 0.3) is 0 Å². The minimum absolute atomic E-state index is 0.0806. The highest BCUT2D eigenvalue weighted by Gasteiger charge is 2.57. The Morgan fingerprint density at radius 2 is 1.54 bits per heavy atom. The molecule has 0 fully saturated rings. The van der Waals surface area contributed by atoms with Crippen molar-refractivity contribution in [1.82, 2.24) is 0 Å². The third-order valence-corrected chi connectivity index (χ3v) is 4.08. The zero-order chi connectivity index (χ0) is 20.0. The van der Waals surface area contributed by atoms with Crippen molar-refractivity contribution in [3.05, 3.63) is 24.3 Å². The molecule has 0 heterocycles. The molecule has 0 aliphatic carbocycles. The Labute approximate surface area is 146 Å². The molecule has 1 N–H and O–H groups in total. The molecule has 26 heavy (non-hydrogen) atoms. The van der Waals surface area contributed by atoms with Gasteiger partial charge in [0, 0.05) is 5.69 Å². The summed E-state index contributed by atoms with van der Waals surface area (Å²) in [5.41, 5.74) is 0.0806. The van der Waals surface area contributed by atoms with Gasteiger partial charge >= 0.3 is 12.4 Å². The number of halogens is 6. The molecule has 0 radical (unpaired) electrons. The molecule has 1 aromatic carbocycles. The van der Waals surface area contributed by atoms with Gasteiger partial charge in [0.1, 0.15) is 5.75 Å². The number of benzene rings is 1. The van der Waals surface area contributed by atoms with Crippen molar-refractivity contribution >= 4 is 15.7 Å². The molecule has 0 saturated carbocycles. The van der Waals surface area contributed by atoms with E-state index in [0.717, 1.165) is 6.42 Å². The van der Waals surface area contributed by atoms with Gasteiger partial charge in [0.15, 0.2) is 0 Å². The lowest BCUT2D eigenvalue weighted by Crippen LogP contribution is -2.45. The summed E-state index contributed by atoms with van der Waals surface area (Å²) in [5.74, 6) is -0.597. The maximum absolute atomic E-state index is 12.3. The molecule has 1 rings (SSSR count). The van der Waals surface area contributed by atoms with E-state index in [0.29, 0.717) is 12.4 Å². The second-order valence-corrected chi connectivity index (χ2v) is 6.97. The van der Waals surface area contributed by atoms with Crippen LogP contribution in [0.2, 0.25) is 0 Å². The number of sulfonamides is 1. The van der Waals surface area contributed by atoms with Gasteiger partial charge in [0.2, 0.25) is 16.1 Å². The largest absolute Gasteiger partial charge is 0.494 e. The van der Waals surface area contributed by atoms with E-state index in [1.807, 2.05) is 11.6 Å². The number of hydrogen-bond donors (Lipinski definition) is 1. The predicted molar refractivity (Wildman–Crippen MR) is 81.5 cm³/mol. The van der Waals surface area contributed by atoms with E-state index in [1.54, 1.807) is 0 Å². The summed E-state index contributed by atoms with van der Waals surface area (Å²) in [7, 11) is -4.20. The van der Waals surface area contributed by atoms with Crippen LogP contribution in [0.4, 0.5) is 32.0 Å². The SMILES string of the molecule is CCCOc1ccc(NS(=O)(=O)CCOC(C(F)(F)F)C(F)(F)F)cc1. The summed E-state index contributed by atoms with van der Waals surface area (Å²) >= 11 is 0. The fraction of sp³-hybridized carbons (Fsp3) is 0.571. The molecular weight excluding hydrogens is 392 g/mol. The first kappa shape index (κ1) is 22.4. The molecule has 12 heteroatoms. The maximum Gasteiger partial charge on any atom is 0.423 e. The normalized spacial score (nSPS) is 13.1. The average Bonchev–Trinajstić information content (AvgIpc) is 2.48. The van der Waals surface area contributed by atoms with E-state index in [4.69, 9.17) is 4.74 Å². The molecule has 0 spiro atoms. The van der Waals surface area contributed by atoms with Crippen LogP contribution in [0.3, 0.4) is 0 Å². The lowest BCUT2D eigenvalue weighted by molar-refractivity contribution is -0.320. The highest BCUT2D eigenvalue weighted by Crippen LogP contribution is 2.35. The molecule has 0 aromatic heterocycles. The van der Waals surface area contributed by atoms with Crippen molar-refractivity contribution in [2.24, 2.45) is 0 Å². The molecule has 0 saturated heterocycles.